The van der Waals surface area contributed by atoms with Crippen molar-refractivity contribution in [2.45, 2.75) is 45.3 Å². The Kier molecular flexibility index (Phi) is 8.86. The molecule has 2 amide bonds. The largest absolute Gasteiger partial charge is 0.475 e. The van der Waals surface area contributed by atoms with E-state index in [1.165, 1.54) is 25.1 Å². The topological polar surface area (TPSA) is 119 Å². The quantitative estimate of drug-likeness (QED) is 0.414. The van der Waals surface area contributed by atoms with Crippen molar-refractivity contribution in [2.75, 3.05) is 0 Å². The molecule has 0 bridgehead atoms. The molecule has 1 rings (SSSR count). The van der Waals surface area contributed by atoms with Crippen LogP contribution in [0.1, 0.15) is 37.6 Å². The Morgan fingerprint density at radius 2 is 1.77 bits per heavy atom. The Balaban J connectivity index is 2.92. The summed E-state index contributed by atoms with van der Waals surface area (Å²) in [6.45, 7) is 5.05. The number of aliphatic hydroxyl groups is 1. The lowest BCUT2D eigenvalue weighted by Gasteiger charge is -2.25. The van der Waals surface area contributed by atoms with Crippen molar-refractivity contribution in [1.82, 2.24) is 10.6 Å². The third-order valence-electron chi connectivity index (χ3n) is 3.64. The van der Waals surface area contributed by atoms with Gasteiger partial charge in [0.25, 0.3) is 5.91 Å². The summed E-state index contributed by atoms with van der Waals surface area (Å²) in [5, 5.41) is 34.0. The summed E-state index contributed by atoms with van der Waals surface area (Å²) < 4.78 is 0. The molecule has 0 fully saturated rings. The summed E-state index contributed by atoms with van der Waals surface area (Å²) in [5.74, 6) is -2.28. The molecule has 7 nitrogen and oxygen atoms in total. The number of aliphatic hydroxyl groups excluding tert-OH is 1. The summed E-state index contributed by atoms with van der Waals surface area (Å²) in [6.07, 6.45) is -0.920. The Morgan fingerprint density at radius 3 is 2.27 bits per heavy atom. The number of halogens is 2. The summed E-state index contributed by atoms with van der Waals surface area (Å²) in [5.41, 5.74) is 0.0542. The van der Waals surface area contributed by atoms with Crippen LogP contribution in [0.25, 0.3) is 0 Å². The van der Waals surface area contributed by atoms with Gasteiger partial charge in [0.05, 0.1) is 22.6 Å². The highest BCUT2D eigenvalue weighted by Gasteiger charge is 2.32. The molecule has 0 aliphatic heterocycles. The number of carbonyl (C=O) groups is 2. The molecule has 0 aliphatic carbocycles. The van der Waals surface area contributed by atoms with Crippen molar-refractivity contribution in [3.8, 4) is 0 Å². The van der Waals surface area contributed by atoms with Gasteiger partial charge in [-0.25, -0.2) is 0 Å². The third-order valence-corrected chi connectivity index (χ3v) is 4.20. The smallest absolute Gasteiger partial charge is 0.426 e. The summed E-state index contributed by atoms with van der Waals surface area (Å²) in [7, 11) is -1.77. The van der Waals surface area contributed by atoms with Gasteiger partial charge >= 0.3 is 7.12 Å². The highest BCUT2D eigenvalue weighted by molar-refractivity contribution is 6.43. The van der Waals surface area contributed by atoms with Gasteiger partial charge in [-0.15, -0.1) is 0 Å². The standard InChI is InChI=1S/C16H23BCl2N2O5/c1-8(2)6-13(17(25)26)20-16(24)14(9(3)22)21-15(23)11-7-10(18)4-5-12(11)19/h4-5,7-9,13-14,22,25-26H,6H2,1-3H3,(H,20,24)(H,21,23)/t9-,13+,14+/m1/s1. The van der Waals surface area contributed by atoms with E-state index in [0.29, 0.717) is 6.42 Å². The van der Waals surface area contributed by atoms with Gasteiger partial charge in [-0.3, -0.25) is 9.59 Å². The van der Waals surface area contributed by atoms with Crippen LogP contribution in [0.15, 0.2) is 18.2 Å². The van der Waals surface area contributed by atoms with E-state index >= 15 is 0 Å². The van der Waals surface area contributed by atoms with Gasteiger partial charge in [-0.1, -0.05) is 37.0 Å². The van der Waals surface area contributed by atoms with Crippen LogP contribution in [0.5, 0.6) is 0 Å². The Hall–Kier alpha value is -1.32. The van der Waals surface area contributed by atoms with Gasteiger partial charge in [0, 0.05) is 5.02 Å². The lowest BCUT2D eigenvalue weighted by molar-refractivity contribution is -0.125. The lowest BCUT2D eigenvalue weighted by Crippen LogP contribution is -2.57. The second-order valence-electron chi connectivity index (χ2n) is 6.47. The predicted octanol–water partition coefficient (Wildman–Crippen LogP) is 1.02. The number of amides is 2. The molecule has 10 heteroatoms. The zero-order valence-electron chi connectivity index (χ0n) is 14.7. The first kappa shape index (κ1) is 22.7. The second-order valence-corrected chi connectivity index (χ2v) is 7.32. The highest BCUT2D eigenvalue weighted by Crippen LogP contribution is 2.20. The molecule has 0 spiro atoms. The summed E-state index contributed by atoms with van der Waals surface area (Å²) >= 11 is 11.8. The van der Waals surface area contributed by atoms with E-state index in [0.717, 1.165) is 0 Å². The van der Waals surface area contributed by atoms with Crippen molar-refractivity contribution >= 4 is 42.1 Å². The fourth-order valence-electron chi connectivity index (χ4n) is 2.33. The van der Waals surface area contributed by atoms with Crippen LogP contribution in [-0.2, 0) is 4.79 Å². The number of benzene rings is 1. The van der Waals surface area contributed by atoms with Crippen molar-refractivity contribution < 1.29 is 24.7 Å². The van der Waals surface area contributed by atoms with Gasteiger partial charge in [0.15, 0.2) is 0 Å². The van der Waals surface area contributed by atoms with Crippen molar-refractivity contribution in [2.24, 2.45) is 5.92 Å². The van der Waals surface area contributed by atoms with E-state index in [1.54, 1.807) is 0 Å². The molecule has 1 aromatic rings. The van der Waals surface area contributed by atoms with Crippen LogP contribution in [0.3, 0.4) is 0 Å². The molecule has 0 aromatic heterocycles. The van der Waals surface area contributed by atoms with E-state index in [1.807, 2.05) is 13.8 Å². The van der Waals surface area contributed by atoms with Gasteiger partial charge in [-0.2, -0.15) is 0 Å². The van der Waals surface area contributed by atoms with Crippen LogP contribution in [0, 0.1) is 5.92 Å². The van der Waals surface area contributed by atoms with Crippen LogP contribution in [-0.4, -0.2) is 52.2 Å². The van der Waals surface area contributed by atoms with Crippen molar-refractivity contribution in [3.63, 3.8) is 0 Å². The zero-order chi connectivity index (χ0) is 20.0. The van der Waals surface area contributed by atoms with Crippen LogP contribution < -0.4 is 10.6 Å². The van der Waals surface area contributed by atoms with E-state index in [9.17, 15) is 24.7 Å². The van der Waals surface area contributed by atoms with E-state index in [-0.39, 0.29) is 21.5 Å². The number of nitrogens with one attached hydrogen (secondary N) is 2. The average molecular weight is 405 g/mol. The Bertz CT molecular complexity index is 643. The lowest BCUT2D eigenvalue weighted by atomic mass is 9.75. The maximum absolute atomic E-state index is 12.4. The second kappa shape index (κ2) is 10.1. The minimum atomic E-state index is -1.77. The van der Waals surface area contributed by atoms with E-state index < -0.39 is 37.0 Å². The monoisotopic (exact) mass is 404 g/mol. The summed E-state index contributed by atoms with van der Waals surface area (Å²) in [4.78, 5) is 24.8. The summed E-state index contributed by atoms with van der Waals surface area (Å²) in [6, 6.07) is 2.98. The minimum Gasteiger partial charge on any atom is -0.426 e. The Morgan fingerprint density at radius 1 is 1.15 bits per heavy atom. The molecular formula is C16H23BCl2N2O5. The first-order valence-electron chi connectivity index (χ1n) is 8.13. The molecule has 1 aromatic carbocycles. The highest BCUT2D eigenvalue weighted by atomic mass is 35.5. The van der Waals surface area contributed by atoms with Crippen molar-refractivity contribution in [1.29, 1.82) is 0 Å². The molecule has 144 valence electrons. The van der Waals surface area contributed by atoms with E-state index in [4.69, 9.17) is 23.2 Å². The van der Waals surface area contributed by atoms with Crippen LogP contribution in [0.4, 0.5) is 0 Å². The molecule has 0 radical (unpaired) electrons. The number of hydrogen-bond donors (Lipinski definition) is 5. The van der Waals surface area contributed by atoms with Gasteiger partial charge < -0.3 is 25.8 Å². The average Bonchev–Trinajstić information content (AvgIpc) is 2.52. The van der Waals surface area contributed by atoms with Crippen molar-refractivity contribution in [3.05, 3.63) is 33.8 Å². The fourth-order valence-corrected chi connectivity index (χ4v) is 2.71. The maximum Gasteiger partial charge on any atom is 0.475 e. The third kappa shape index (κ3) is 6.77. The van der Waals surface area contributed by atoms with Crippen LogP contribution in [0.2, 0.25) is 10.0 Å². The molecule has 0 heterocycles. The first-order chi connectivity index (χ1) is 12.0. The molecule has 0 saturated carbocycles. The minimum absolute atomic E-state index is 0.0542. The normalized spacial score (nSPS) is 14.5. The van der Waals surface area contributed by atoms with Gasteiger partial charge in [-0.05, 0) is 37.5 Å². The molecule has 0 aliphatic rings. The maximum atomic E-state index is 12.4. The number of hydrogen-bond acceptors (Lipinski definition) is 5. The van der Waals surface area contributed by atoms with Gasteiger partial charge in [0.1, 0.15) is 6.04 Å². The molecule has 0 unspecified atom stereocenters. The zero-order valence-corrected chi connectivity index (χ0v) is 16.3. The predicted molar refractivity (Wildman–Crippen MR) is 101 cm³/mol. The number of carbonyl (C=O) groups excluding carboxylic acids is 2. The molecular weight excluding hydrogens is 382 g/mol. The molecule has 26 heavy (non-hydrogen) atoms. The Labute approximate surface area is 162 Å². The molecule has 0 saturated heterocycles. The fraction of sp³-hybridized carbons (Fsp3) is 0.500. The molecule has 3 atom stereocenters. The van der Waals surface area contributed by atoms with Gasteiger partial charge in [0.2, 0.25) is 5.91 Å². The number of rotatable bonds is 8. The van der Waals surface area contributed by atoms with E-state index in [2.05, 4.69) is 10.6 Å². The van der Waals surface area contributed by atoms with Crippen LogP contribution >= 0.6 is 23.2 Å². The molecule has 5 N–H and O–H groups in total. The SMILES string of the molecule is CC(C)C[C@H](NC(=O)[C@@H](NC(=O)c1cc(Cl)ccc1Cl)[C@@H](C)O)B(O)O. The first-order valence-corrected chi connectivity index (χ1v) is 8.89.